The zero-order valence-electron chi connectivity index (χ0n) is 12.5. The average molecular weight is 257 g/mol. The van der Waals surface area contributed by atoms with Gasteiger partial charge in [0.25, 0.3) is 0 Å². The third-order valence-electron chi connectivity index (χ3n) is 5.50. The normalized spacial score (nSPS) is 31.2. The number of benzene rings is 1. The first-order valence-electron chi connectivity index (χ1n) is 8.09. The molecule has 1 fully saturated rings. The third-order valence-corrected chi connectivity index (χ3v) is 5.50. The maximum absolute atomic E-state index is 3.78. The van der Waals surface area contributed by atoms with E-state index >= 15 is 0 Å². The molecule has 1 aromatic carbocycles. The number of hydrogen-bond donors (Lipinski definition) is 1. The summed E-state index contributed by atoms with van der Waals surface area (Å²) in [6, 6.07) is 9.86. The average Bonchev–Trinajstić information content (AvgIpc) is 3.18. The highest BCUT2D eigenvalue weighted by Gasteiger charge is 2.56. The molecule has 3 rings (SSSR count). The van der Waals surface area contributed by atoms with Crippen molar-refractivity contribution in [3.05, 3.63) is 35.4 Å². The maximum atomic E-state index is 3.78. The minimum absolute atomic E-state index is 0.719. The molecule has 0 spiro atoms. The number of hydrogen-bond acceptors (Lipinski definition) is 1. The van der Waals surface area contributed by atoms with Gasteiger partial charge in [0.1, 0.15) is 0 Å². The molecule has 1 N–H and O–H groups in total. The molecule has 1 aromatic rings. The number of aryl methyl sites for hydroxylation is 1. The predicted octanol–water partition coefficient (Wildman–Crippen LogP) is 3.99. The van der Waals surface area contributed by atoms with Crippen LogP contribution in [0.25, 0.3) is 0 Å². The van der Waals surface area contributed by atoms with Gasteiger partial charge in [-0.3, -0.25) is 0 Å². The quantitative estimate of drug-likeness (QED) is 0.841. The Hall–Kier alpha value is -0.820. The Balaban J connectivity index is 1.82. The van der Waals surface area contributed by atoms with Crippen molar-refractivity contribution in [2.75, 3.05) is 6.54 Å². The first-order valence-corrected chi connectivity index (χ1v) is 8.09. The van der Waals surface area contributed by atoms with E-state index in [9.17, 15) is 0 Å². The van der Waals surface area contributed by atoms with Gasteiger partial charge in [0.15, 0.2) is 0 Å². The van der Waals surface area contributed by atoms with E-state index in [1.165, 1.54) is 19.3 Å². The molecule has 0 saturated heterocycles. The summed E-state index contributed by atoms with van der Waals surface area (Å²) in [7, 11) is 0. The molecule has 0 bridgehead atoms. The van der Waals surface area contributed by atoms with Gasteiger partial charge in [-0.25, -0.2) is 0 Å². The van der Waals surface area contributed by atoms with Crippen LogP contribution in [0, 0.1) is 17.8 Å². The molecule has 0 aliphatic heterocycles. The second kappa shape index (κ2) is 5.28. The highest BCUT2D eigenvalue weighted by Crippen LogP contribution is 2.62. The zero-order chi connectivity index (χ0) is 13.4. The fraction of sp³-hybridized carbons (Fsp3) is 0.667. The van der Waals surface area contributed by atoms with Crippen molar-refractivity contribution in [3.8, 4) is 0 Å². The lowest BCUT2D eigenvalue weighted by Gasteiger charge is -2.24. The molecule has 104 valence electrons. The smallest absolute Gasteiger partial charge is 0.0129 e. The summed E-state index contributed by atoms with van der Waals surface area (Å²) in [5.41, 5.74) is 3.28. The predicted molar refractivity (Wildman–Crippen MR) is 81.4 cm³/mol. The van der Waals surface area contributed by atoms with E-state index < -0.39 is 0 Å². The summed E-state index contributed by atoms with van der Waals surface area (Å²) in [6.07, 6.45) is 3.99. The molecule has 1 heteroatoms. The Morgan fingerprint density at radius 2 is 2.05 bits per heavy atom. The molecule has 2 aliphatic rings. The standard InChI is InChI=1S/C18H27N/c1-4-12(3)18(19-5-2)17-15-11-10-13-8-6-7-9-14(13)16(15)17/h6-9,12,15-19H,4-5,10-11H2,1-3H3. The van der Waals surface area contributed by atoms with Crippen molar-refractivity contribution >= 4 is 0 Å². The molecule has 5 atom stereocenters. The lowest BCUT2D eigenvalue weighted by atomic mass is 9.91. The summed E-state index contributed by atoms with van der Waals surface area (Å²) in [5, 5.41) is 3.78. The van der Waals surface area contributed by atoms with E-state index in [1.807, 2.05) is 0 Å². The minimum Gasteiger partial charge on any atom is -0.314 e. The van der Waals surface area contributed by atoms with E-state index in [0.29, 0.717) is 0 Å². The first-order chi connectivity index (χ1) is 9.27. The molecule has 0 radical (unpaired) electrons. The molecule has 5 unspecified atom stereocenters. The van der Waals surface area contributed by atoms with Crippen LogP contribution in [0.1, 0.15) is 50.7 Å². The molecule has 2 aliphatic carbocycles. The lowest BCUT2D eigenvalue weighted by molar-refractivity contribution is 0.323. The topological polar surface area (TPSA) is 12.0 Å². The van der Waals surface area contributed by atoms with Crippen molar-refractivity contribution in [2.24, 2.45) is 17.8 Å². The van der Waals surface area contributed by atoms with E-state index in [4.69, 9.17) is 0 Å². The van der Waals surface area contributed by atoms with Gasteiger partial charge in [0.05, 0.1) is 0 Å². The summed E-state index contributed by atoms with van der Waals surface area (Å²) in [5.74, 6) is 3.48. The zero-order valence-corrected chi connectivity index (χ0v) is 12.5. The van der Waals surface area contributed by atoms with Crippen LogP contribution in [-0.4, -0.2) is 12.6 Å². The molecular weight excluding hydrogens is 230 g/mol. The van der Waals surface area contributed by atoms with Crippen LogP contribution in [-0.2, 0) is 6.42 Å². The second-order valence-corrected chi connectivity index (χ2v) is 6.47. The highest BCUT2D eigenvalue weighted by atomic mass is 14.9. The van der Waals surface area contributed by atoms with Crippen LogP contribution >= 0.6 is 0 Å². The summed E-state index contributed by atoms with van der Waals surface area (Å²) in [6.45, 7) is 8.10. The Morgan fingerprint density at radius 1 is 1.26 bits per heavy atom. The van der Waals surface area contributed by atoms with Crippen molar-refractivity contribution < 1.29 is 0 Å². The maximum Gasteiger partial charge on any atom is 0.0129 e. The van der Waals surface area contributed by atoms with Crippen LogP contribution in [0.5, 0.6) is 0 Å². The largest absolute Gasteiger partial charge is 0.314 e. The molecular formula is C18H27N. The van der Waals surface area contributed by atoms with Crippen molar-refractivity contribution in [1.29, 1.82) is 0 Å². The third kappa shape index (κ3) is 2.23. The molecule has 1 saturated carbocycles. The van der Waals surface area contributed by atoms with Crippen LogP contribution in [0.4, 0.5) is 0 Å². The minimum atomic E-state index is 0.719. The molecule has 0 amide bonds. The number of rotatable bonds is 5. The Kier molecular flexibility index (Phi) is 3.66. The van der Waals surface area contributed by atoms with Gasteiger partial charge < -0.3 is 5.32 Å². The van der Waals surface area contributed by atoms with Crippen molar-refractivity contribution in [2.45, 2.75) is 52.0 Å². The Labute approximate surface area is 117 Å². The van der Waals surface area contributed by atoms with Gasteiger partial charge >= 0.3 is 0 Å². The SMILES string of the molecule is CCNC(C(C)CC)C1C2CCc3ccccc3C21. The molecule has 0 heterocycles. The summed E-state index contributed by atoms with van der Waals surface area (Å²) in [4.78, 5) is 0. The van der Waals surface area contributed by atoms with Gasteiger partial charge in [-0.15, -0.1) is 0 Å². The van der Waals surface area contributed by atoms with Gasteiger partial charge in [-0.1, -0.05) is 51.5 Å². The van der Waals surface area contributed by atoms with Crippen LogP contribution in [0.15, 0.2) is 24.3 Å². The second-order valence-electron chi connectivity index (χ2n) is 6.47. The molecule has 19 heavy (non-hydrogen) atoms. The van der Waals surface area contributed by atoms with Gasteiger partial charge in [-0.2, -0.15) is 0 Å². The fourth-order valence-corrected chi connectivity index (χ4v) is 4.32. The van der Waals surface area contributed by atoms with E-state index in [1.54, 1.807) is 11.1 Å². The monoisotopic (exact) mass is 257 g/mol. The summed E-state index contributed by atoms with van der Waals surface area (Å²) < 4.78 is 0. The Morgan fingerprint density at radius 3 is 2.79 bits per heavy atom. The van der Waals surface area contributed by atoms with E-state index in [2.05, 4.69) is 50.4 Å². The highest BCUT2D eigenvalue weighted by molar-refractivity contribution is 5.40. The molecule has 0 aromatic heterocycles. The van der Waals surface area contributed by atoms with Crippen LogP contribution in [0.3, 0.4) is 0 Å². The van der Waals surface area contributed by atoms with Crippen LogP contribution in [0.2, 0.25) is 0 Å². The van der Waals surface area contributed by atoms with Crippen molar-refractivity contribution in [3.63, 3.8) is 0 Å². The fourth-order valence-electron chi connectivity index (χ4n) is 4.32. The van der Waals surface area contributed by atoms with E-state index in [0.717, 1.165) is 36.3 Å². The number of fused-ring (bicyclic) bond motifs is 3. The summed E-state index contributed by atoms with van der Waals surface area (Å²) >= 11 is 0. The first kappa shape index (κ1) is 13.2. The number of nitrogens with one attached hydrogen (secondary N) is 1. The van der Waals surface area contributed by atoms with Gasteiger partial charge in [-0.05, 0) is 54.2 Å². The Bertz CT molecular complexity index is 439. The van der Waals surface area contributed by atoms with Crippen LogP contribution < -0.4 is 5.32 Å². The van der Waals surface area contributed by atoms with Crippen molar-refractivity contribution in [1.82, 2.24) is 5.32 Å². The lowest BCUT2D eigenvalue weighted by Crippen LogP contribution is -2.37. The van der Waals surface area contributed by atoms with Gasteiger partial charge in [0.2, 0.25) is 0 Å². The molecule has 1 nitrogen and oxygen atoms in total. The van der Waals surface area contributed by atoms with E-state index in [-0.39, 0.29) is 0 Å². The van der Waals surface area contributed by atoms with Gasteiger partial charge in [0, 0.05) is 6.04 Å².